The van der Waals surface area contributed by atoms with Crippen LogP contribution in [0.4, 0.5) is 0 Å². The number of aromatic nitrogens is 2. The van der Waals surface area contributed by atoms with Gasteiger partial charge in [-0.1, -0.05) is 6.92 Å². The Labute approximate surface area is 230 Å². The van der Waals surface area contributed by atoms with Gasteiger partial charge in [0.05, 0.1) is 23.9 Å². The third-order valence-electron chi connectivity index (χ3n) is 7.57. The first-order chi connectivity index (χ1) is 18.0. The monoisotopic (exact) mass is 614 g/mol. The lowest BCUT2D eigenvalue weighted by molar-refractivity contribution is 0.148. The molecule has 0 bridgehead atoms. The van der Waals surface area contributed by atoms with Gasteiger partial charge in [0.2, 0.25) is 0 Å². The largest absolute Gasteiger partial charge is 0.496 e. The fourth-order valence-electron chi connectivity index (χ4n) is 5.36. The zero-order valence-corrected chi connectivity index (χ0v) is 23.4. The summed E-state index contributed by atoms with van der Waals surface area (Å²) in [5, 5.41) is 1.06. The molecule has 3 aliphatic rings. The van der Waals surface area contributed by atoms with E-state index in [-0.39, 0.29) is 5.56 Å². The van der Waals surface area contributed by atoms with E-state index < -0.39 is 0 Å². The summed E-state index contributed by atoms with van der Waals surface area (Å²) in [4.78, 5) is 23.4. The van der Waals surface area contributed by atoms with Gasteiger partial charge in [-0.05, 0) is 64.9 Å². The second-order valence-corrected chi connectivity index (χ2v) is 10.9. The first-order valence-corrected chi connectivity index (χ1v) is 13.9. The molecule has 0 N–H and O–H groups in total. The highest BCUT2D eigenvalue weighted by Gasteiger charge is 2.24. The summed E-state index contributed by atoms with van der Waals surface area (Å²) in [5.74, 6) is 1.50. The first kappa shape index (κ1) is 24.7. The summed E-state index contributed by atoms with van der Waals surface area (Å²) >= 11 is 2.32. The number of benzene rings is 1. The first-order valence-electron chi connectivity index (χ1n) is 12.9. The minimum absolute atomic E-state index is 0.000156. The van der Waals surface area contributed by atoms with Crippen molar-refractivity contribution in [2.45, 2.75) is 33.0 Å². The van der Waals surface area contributed by atoms with Crippen molar-refractivity contribution in [1.29, 1.82) is 0 Å². The molecule has 2 aromatic heterocycles. The fraction of sp³-hybridized carbons (Fsp3) is 0.429. The zero-order valence-electron chi connectivity index (χ0n) is 21.3. The summed E-state index contributed by atoms with van der Waals surface area (Å²) in [5.41, 5.74) is 5.97. The van der Waals surface area contributed by atoms with Gasteiger partial charge in [-0.2, -0.15) is 0 Å². The second-order valence-electron chi connectivity index (χ2n) is 9.90. The van der Waals surface area contributed by atoms with Crippen LogP contribution in [0.2, 0.25) is 0 Å². The van der Waals surface area contributed by atoms with Gasteiger partial charge in [0.1, 0.15) is 23.5 Å². The molecule has 0 spiro atoms. The van der Waals surface area contributed by atoms with E-state index in [2.05, 4.69) is 58.5 Å². The summed E-state index contributed by atoms with van der Waals surface area (Å²) < 4.78 is 20.1. The molecule has 0 unspecified atom stereocenters. The lowest BCUT2D eigenvalue weighted by Crippen LogP contribution is -2.44. The van der Waals surface area contributed by atoms with Crippen LogP contribution in [0.1, 0.15) is 35.6 Å². The predicted octanol–water partition coefficient (Wildman–Crippen LogP) is 3.85. The van der Waals surface area contributed by atoms with Crippen molar-refractivity contribution in [1.82, 2.24) is 19.4 Å². The maximum absolute atomic E-state index is 13.6. The van der Waals surface area contributed by atoms with E-state index >= 15 is 0 Å². The van der Waals surface area contributed by atoms with E-state index in [4.69, 9.17) is 19.2 Å². The molecule has 3 aromatic rings. The van der Waals surface area contributed by atoms with Crippen LogP contribution >= 0.6 is 22.6 Å². The van der Waals surface area contributed by atoms with Gasteiger partial charge >= 0.3 is 0 Å². The lowest BCUT2D eigenvalue weighted by Gasteiger charge is -2.33. The van der Waals surface area contributed by atoms with E-state index in [1.165, 1.54) is 5.56 Å². The van der Waals surface area contributed by atoms with E-state index in [9.17, 15) is 4.79 Å². The highest BCUT2D eigenvalue weighted by atomic mass is 127. The standard InChI is InChI=1S/C28H31IN4O4/c1-3-18-16-35-17-23-19(18)4-5-33(28(23)34)15-22-21(14-32-8-6-31(2)7-9-32)20-12-25-26(37-11-10-36-25)13-24(20)30-27(22)29/h4-5,12-13,16H,3,6-11,14-15,17H2,1-2H3. The predicted molar refractivity (Wildman–Crippen MR) is 151 cm³/mol. The number of piperazine rings is 1. The van der Waals surface area contributed by atoms with Crippen molar-refractivity contribution in [3.05, 3.63) is 67.0 Å². The number of fused-ring (bicyclic) bond motifs is 3. The van der Waals surface area contributed by atoms with Gasteiger partial charge in [-0.15, -0.1) is 0 Å². The van der Waals surface area contributed by atoms with E-state index in [1.54, 1.807) is 10.8 Å². The molecule has 0 saturated carbocycles. The van der Waals surface area contributed by atoms with Gasteiger partial charge in [0.15, 0.2) is 11.5 Å². The van der Waals surface area contributed by atoms with Crippen molar-refractivity contribution in [3.63, 3.8) is 0 Å². The Morgan fingerprint density at radius 2 is 1.78 bits per heavy atom. The van der Waals surface area contributed by atoms with Crippen LogP contribution in [0.15, 0.2) is 35.5 Å². The summed E-state index contributed by atoms with van der Waals surface area (Å²) in [6, 6.07) is 6.12. The molecular formula is C28H31IN4O4. The minimum Gasteiger partial charge on any atom is -0.496 e. The molecule has 9 heteroatoms. The molecule has 6 rings (SSSR count). The molecule has 194 valence electrons. The number of pyridine rings is 2. The molecule has 0 aliphatic carbocycles. The van der Waals surface area contributed by atoms with Crippen LogP contribution < -0.4 is 15.0 Å². The lowest BCUT2D eigenvalue weighted by atomic mass is 9.99. The smallest absolute Gasteiger partial charge is 0.258 e. The van der Waals surface area contributed by atoms with Gasteiger partial charge < -0.3 is 23.7 Å². The number of ether oxygens (including phenoxy) is 3. The third kappa shape index (κ3) is 4.72. The molecule has 1 fully saturated rings. The molecule has 0 radical (unpaired) electrons. The number of halogens is 1. The molecule has 0 atom stereocenters. The van der Waals surface area contributed by atoms with E-state index in [1.807, 2.05) is 12.3 Å². The second kappa shape index (κ2) is 10.3. The Morgan fingerprint density at radius 1 is 1.03 bits per heavy atom. The Hall–Kier alpha value is -2.63. The molecule has 0 amide bonds. The van der Waals surface area contributed by atoms with Crippen LogP contribution in [0.5, 0.6) is 11.5 Å². The quantitative estimate of drug-likeness (QED) is 0.320. The topological polar surface area (TPSA) is 69.1 Å². The van der Waals surface area contributed by atoms with Gasteiger partial charge in [-0.3, -0.25) is 9.69 Å². The highest BCUT2D eigenvalue weighted by Crippen LogP contribution is 2.37. The van der Waals surface area contributed by atoms with Crippen LogP contribution in [-0.2, 0) is 24.4 Å². The van der Waals surface area contributed by atoms with Crippen molar-refractivity contribution in [2.24, 2.45) is 0 Å². The SMILES string of the molecule is CCC1=COCc2c1ccn(Cc1c(I)nc3cc4c(cc3c1CN1CCN(C)CC1)OCCO4)c2=O. The van der Waals surface area contributed by atoms with Crippen LogP contribution in [0, 0.1) is 3.70 Å². The Bertz CT molecular complexity index is 1440. The normalized spacial score (nSPS) is 17.9. The highest BCUT2D eigenvalue weighted by molar-refractivity contribution is 14.1. The Balaban J connectivity index is 1.45. The molecule has 3 aliphatic heterocycles. The van der Waals surface area contributed by atoms with Crippen LogP contribution in [0.25, 0.3) is 16.5 Å². The van der Waals surface area contributed by atoms with E-state index in [0.717, 1.165) is 87.5 Å². The average Bonchev–Trinajstić information content (AvgIpc) is 2.91. The van der Waals surface area contributed by atoms with Crippen molar-refractivity contribution in [2.75, 3.05) is 46.4 Å². The summed E-state index contributed by atoms with van der Waals surface area (Å²) in [6.07, 6.45) is 4.52. The third-order valence-corrected chi connectivity index (χ3v) is 8.46. The fourth-order valence-corrected chi connectivity index (χ4v) is 6.12. The zero-order chi connectivity index (χ0) is 25.5. The van der Waals surface area contributed by atoms with Crippen LogP contribution in [0.3, 0.4) is 0 Å². The Kier molecular flexibility index (Phi) is 6.85. The number of hydrogen-bond donors (Lipinski definition) is 0. The number of nitrogens with zero attached hydrogens (tertiary/aromatic N) is 4. The maximum Gasteiger partial charge on any atom is 0.258 e. The number of likely N-dealkylation sites (N-methyl/N-ethyl adjacent to an activating group) is 1. The molecule has 37 heavy (non-hydrogen) atoms. The number of rotatable bonds is 5. The van der Waals surface area contributed by atoms with Gasteiger partial charge in [0, 0.05) is 55.9 Å². The molecule has 5 heterocycles. The minimum atomic E-state index is 0.000156. The number of allylic oxidation sites excluding steroid dienone is 1. The Morgan fingerprint density at radius 3 is 2.54 bits per heavy atom. The van der Waals surface area contributed by atoms with E-state index in [0.29, 0.717) is 26.4 Å². The summed E-state index contributed by atoms with van der Waals surface area (Å²) in [6.45, 7) is 8.81. The molecule has 1 saturated heterocycles. The van der Waals surface area contributed by atoms with Crippen molar-refractivity contribution < 1.29 is 14.2 Å². The van der Waals surface area contributed by atoms with Gasteiger partial charge in [0.25, 0.3) is 5.56 Å². The van der Waals surface area contributed by atoms with Crippen molar-refractivity contribution >= 4 is 39.1 Å². The van der Waals surface area contributed by atoms with Crippen molar-refractivity contribution in [3.8, 4) is 11.5 Å². The average molecular weight is 614 g/mol. The van der Waals surface area contributed by atoms with Gasteiger partial charge in [-0.25, -0.2) is 4.98 Å². The maximum atomic E-state index is 13.6. The molecule has 1 aromatic carbocycles. The summed E-state index contributed by atoms with van der Waals surface area (Å²) in [7, 11) is 2.17. The van der Waals surface area contributed by atoms with Crippen LogP contribution in [-0.4, -0.2) is 65.8 Å². The molecular weight excluding hydrogens is 583 g/mol. The number of hydrogen-bond acceptors (Lipinski definition) is 7. The molecule has 8 nitrogen and oxygen atoms in total.